The Morgan fingerprint density at radius 1 is 1.10 bits per heavy atom. The third kappa shape index (κ3) is 4.53. The van der Waals surface area contributed by atoms with Gasteiger partial charge in [-0.25, -0.2) is 8.42 Å². The summed E-state index contributed by atoms with van der Waals surface area (Å²) in [4.78, 5) is 15.1. The zero-order valence-electron chi connectivity index (χ0n) is 17.0. The molecule has 0 spiro atoms. The number of fused-ring (bicyclic) bond motifs is 1. The number of carbonyl (C=O) groups excluding carboxylic acids is 1. The molecule has 7 nitrogen and oxygen atoms in total. The number of carbonyl (C=O) groups is 1. The van der Waals surface area contributed by atoms with E-state index in [4.69, 9.17) is 15.9 Å². The fraction of sp³-hybridized carbons (Fsp3) is 0.348. The van der Waals surface area contributed by atoms with Crippen molar-refractivity contribution < 1.29 is 22.7 Å². The SMILES string of the molecule is C#CCNS(=O)(=O)c1ccc(C(=O)N2CCCC2c2ccc3c(c2)OCCCO3)cc1. The van der Waals surface area contributed by atoms with Gasteiger partial charge in [-0.1, -0.05) is 12.0 Å². The minimum Gasteiger partial charge on any atom is -0.490 e. The molecule has 1 amide bonds. The predicted molar refractivity (Wildman–Crippen MR) is 116 cm³/mol. The van der Waals surface area contributed by atoms with Gasteiger partial charge in [-0.2, -0.15) is 4.72 Å². The van der Waals surface area contributed by atoms with Crippen LogP contribution in [0.3, 0.4) is 0 Å². The smallest absolute Gasteiger partial charge is 0.254 e. The summed E-state index contributed by atoms with van der Waals surface area (Å²) in [6.07, 6.45) is 7.70. The van der Waals surface area contributed by atoms with Crippen molar-refractivity contribution in [1.82, 2.24) is 9.62 Å². The first-order chi connectivity index (χ1) is 15.0. The second kappa shape index (κ2) is 9.00. The highest BCUT2D eigenvalue weighted by Crippen LogP contribution is 2.38. The van der Waals surface area contributed by atoms with Gasteiger partial charge in [0.15, 0.2) is 11.5 Å². The van der Waals surface area contributed by atoms with Crippen LogP contribution in [0.1, 0.15) is 41.2 Å². The summed E-state index contributed by atoms with van der Waals surface area (Å²) >= 11 is 0. The molecule has 2 heterocycles. The van der Waals surface area contributed by atoms with Gasteiger partial charge >= 0.3 is 0 Å². The van der Waals surface area contributed by atoms with Gasteiger partial charge in [-0.3, -0.25) is 4.79 Å². The van der Waals surface area contributed by atoms with Gasteiger partial charge in [0.25, 0.3) is 5.91 Å². The van der Waals surface area contributed by atoms with E-state index in [1.54, 1.807) is 0 Å². The number of likely N-dealkylation sites (tertiary alicyclic amines) is 1. The lowest BCUT2D eigenvalue weighted by molar-refractivity contribution is 0.0735. The van der Waals surface area contributed by atoms with Gasteiger partial charge in [-0.05, 0) is 54.8 Å². The van der Waals surface area contributed by atoms with E-state index in [-0.39, 0.29) is 23.4 Å². The standard InChI is InChI=1S/C23H24N2O5S/c1-2-12-24-31(27,28)19-9-6-17(7-10-19)23(26)25-13-3-5-20(25)18-8-11-21-22(16-18)30-15-4-14-29-21/h1,6-11,16,20,24H,3-5,12-15H2. The predicted octanol–water partition coefficient (Wildman–Crippen LogP) is 2.74. The number of hydrogen-bond donors (Lipinski definition) is 1. The third-order valence-corrected chi connectivity index (χ3v) is 6.86. The quantitative estimate of drug-likeness (QED) is 0.723. The van der Waals surface area contributed by atoms with Crippen LogP contribution in [0.2, 0.25) is 0 Å². The van der Waals surface area contributed by atoms with Crippen LogP contribution >= 0.6 is 0 Å². The Kier molecular flexibility index (Phi) is 6.16. The van der Waals surface area contributed by atoms with Gasteiger partial charge in [0.1, 0.15) is 0 Å². The molecule has 1 unspecified atom stereocenters. The molecule has 0 bridgehead atoms. The molecule has 0 saturated carbocycles. The molecule has 0 radical (unpaired) electrons. The van der Waals surface area contributed by atoms with E-state index < -0.39 is 10.0 Å². The molecule has 1 fully saturated rings. The first-order valence-electron chi connectivity index (χ1n) is 10.2. The van der Waals surface area contributed by atoms with Crippen molar-refractivity contribution in [2.75, 3.05) is 26.3 Å². The number of benzene rings is 2. The van der Waals surface area contributed by atoms with Crippen LogP contribution in [0.5, 0.6) is 11.5 Å². The Hall–Kier alpha value is -3.02. The monoisotopic (exact) mass is 440 g/mol. The molecule has 31 heavy (non-hydrogen) atoms. The van der Waals surface area contributed by atoms with E-state index >= 15 is 0 Å². The maximum atomic E-state index is 13.2. The van der Waals surface area contributed by atoms with Crippen molar-refractivity contribution in [1.29, 1.82) is 0 Å². The Labute approximate surface area is 182 Å². The molecule has 1 N–H and O–H groups in total. The van der Waals surface area contributed by atoms with Crippen LogP contribution in [0.15, 0.2) is 47.4 Å². The first kappa shape index (κ1) is 21.2. The van der Waals surface area contributed by atoms with Gasteiger partial charge < -0.3 is 14.4 Å². The highest BCUT2D eigenvalue weighted by molar-refractivity contribution is 7.89. The van der Waals surface area contributed by atoms with Crippen molar-refractivity contribution in [2.45, 2.75) is 30.2 Å². The molecule has 2 aliphatic rings. The minimum atomic E-state index is -3.69. The second-order valence-corrected chi connectivity index (χ2v) is 9.23. The maximum absolute atomic E-state index is 13.2. The van der Waals surface area contributed by atoms with Crippen LogP contribution in [0.25, 0.3) is 0 Å². The van der Waals surface area contributed by atoms with Gasteiger partial charge in [0.05, 0.1) is 30.7 Å². The molecule has 2 aromatic carbocycles. The van der Waals surface area contributed by atoms with Crippen LogP contribution < -0.4 is 14.2 Å². The summed E-state index contributed by atoms with van der Waals surface area (Å²) in [7, 11) is -3.69. The molecular weight excluding hydrogens is 416 g/mol. The van der Waals surface area contributed by atoms with E-state index in [1.165, 1.54) is 24.3 Å². The van der Waals surface area contributed by atoms with E-state index in [0.29, 0.717) is 31.1 Å². The number of amides is 1. The van der Waals surface area contributed by atoms with Gasteiger partial charge in [0.2, 0.25) is 10.0 Å². The number of rotatable bonds is 5. The number of nitrogens with one attached hydrogen (secondary N) is 1. The zero-order valence-corrected chi connectivity index (χ0v) is 17.9. The molecule has 1 atom stereocenters. The molecular formula is C23H24N2O5S. The van der Waals surface area contributed by atoms with E-state index in [0.717, 1.165) is 30.6 Å². The van der Waals surface area contributed by atoms with E-state index in [9.17, 15) is 13.2 Å². The topological polar surface area (TPSA) is 84.9 Å². The summed E-state index contributed by atoms with van der Waals surface area (Å²) in [5.74, 6) is 3.55. The number of terminal acetylenes is 1. The Morgan fingerprint density at radius 3 is 2.58 bits per heavy atom. The number of nitrogens with zero attached hydrogens (tertiary/aromatic N) is 1. The molecule has 1 saturated heterocycles. The molecule has 2 aliphatic heterocycles. The van der Waals surface area contributed by atoms with Crippen molar-refractivity contribution >= 4 is 15.9 Å². The lowest BCUT2D eigenvalue weighted by Crippen LogP contribution is -2.30. The highest BCUT2D eigenvalue weighted by Gasteiger charge is 2.31. The van der Waals surface area contributed by atoms with Crippen LogP contribution in [0.4, 0.5) is 0 Å². The Bertz CT molecular complexity index is 1110. The normalized spacial score (nSPS) is 18.3. The molecule has 2 aromatic rings. The third-order valence-electron chi connectivity index (χ3n) is 5.45. The average molecular weight is 441 g/mol. The zero-order chi connectivity index (χ0) is 21.8. The summed E-state index contributed by atoms with van der Waals surface area (Å²) in [6.45, 7) is 1.79. The highest BCUT2D eigenvalue weighted by atomic mass is 32.2. The van der Waals surface area contributed by atoms with Crippen LogP contribution in [-0.2, 0) is 10.0 Å². The fourth-order valence-corrected chi connectivity index (χ4v) is 4.84. The van der Waals surface area contributed by atoms with Crippen molar-refractivity contribution in [3.63, 3.8) is 0 Å². The van der Waals surface area contributed by atoms with Gasteiger partial charge in [-0.15, -0.1) is 6.42 Å². The summed E-state index contributed by atoms with van der Waals surface area (Å²) in [5.41, 5.74) is 1.45. The minimum absolute atomic E-state index is 0.0645. The van der Waals surface area contributed by atoms with E-state index in [1.807, 2.05) is 23.1 Å². The fourth-order valence-electron chi connectivity index (χ4n) is 3.91. The Balaban J connectivity index is 1.53. The number of sulfonamides is 1. The van der Waals surface area contributed by atoms with Crippen molar-refractivity contribution in [3.05, 3.63) is 53.6 Å². The largest absolute Gasteiger partial charge is 0.490 e. The van der Waals surface area contributed by atoms with Crippen molar-refractivity contribution in [3.8, 4) is 23.8 Å². The van der Waals surface area contributed by atoms with Crippen LogP contribution in [-0.4, -0.2) is 45.5 Å². The number of ether oxygens (including phenoxy) is 2. The number of hydrogen-bond acceptors (Lipinski definition) is 5. The average Bonchev–Trinajstić information content (AvgIpc) is 3.16. The van der Waals surface area contributed by atoms with E-state index in [2.05, 4.69) is 10.6 Å². The summed E-state index contributed by atoms with van der Waals surface area (Å²) in [5, 5.41) is 0. The Morgan fingerprint density at radius 2 is 1.84 bits per heavy atom. The molecule has 8 heteroatoms. The maximum Gasteiger partial charge on any atom is 0.254 e. The lowest BCUT2D eigenvalue weighted by atomic mass is 10.0. The second-order valence-electron chi connectivity index (χ2n) is 7.47. The molecule has 162 valence electrons. The summed E-state index contributed by atoms with van der Waals surface area (Å²) in [6, 6.07) is 11.7. The molecule has 0 aromatic heterocycles. The summed E-state index contributed by atoms with van der Waals surface area (Å²) < 4.78 is 38.2. The first-order valence-corrected chi connectivity index (χ1v) is 11.7. The lowest BCUT2D eigenvalue weighted by Gasteiger charge is -2.26. The molecule has 0 aliphatic carbocycles. The van der Waals surface area contributed by atoms with Crippen LogP contribution in [0, 0.1) is 12.3 Å². The molecule has 4 rings (SSSR count). The van der Waals surface area contributed by atoms with Crippen molar-refractivity contribution in [2.24, 2.45) is 0 Å². The van der Waals surface area contributed by atoms with Gasteiger partial charge in [0, 0.05) is 18.5 Å².